The highest BCUT2D eigenvalue weighted by molar-refractivity contribution is 9.10. The van der Waals surface area contributed by atoms with Crippen LogP contribution in [0.15, 0.2) is 40.9 Å². The van der Waals surface area contributed by atoms with Crippen molar-refractivity contribution in [3.63, 3.8) is 0 Å². The van der Waals surface area contributed by atoms with Crippen molar-refractivity contribution in [3.8, 4) is 5.75 Å². The van der Waals surface area contributed by atoms with Crippen LogP contribution >= 0.6 is 27.5 Å². The third-order valence-corrected chi connectivity index (χ3v) is 3.80. The van der Waals surface area contributed by atoms with E-state index in [4.69, 9.17) is 22.1 Å². The largest absolute Gasteiger partial charge is 0.488 e. The third kappa shape index (κ3) is 3.72. The molecular weight excluding hydrogens is 345 g/mol. The van der Waals surface area contributed by atoms with Crippen molar-refractivity contribution in [2.24, 2.45) is 5.73 Å². The lowest BCUT2D eigenvalue weighted by atomic mass is 10.1. The monoisotopic (exact) mass is 357 g/mol. The SMILES string of the molecule is NCCc1ccccc1COc1cc(F)c(Cl)cc1Br. The Bertz CT molecular complexity index is 606. The van der Waals surface area contributed by atoms with Crippen LogP contribution in [0.5, 0.6) is 5.75 Å². The molecule has 0 spiro atoms. The molecule has 0 saturated heterocycles. The molecular formula is C15H14BrClFNO. The Kier molecular flexibility index (Phi) is 5.40. The zero-order chi connectivity index (χ0) is 14.5. The van der Waals surface area contributed by atoms with Crippen LogP contribution in [0.3, 0.4) is 0 Å². The highest BCUT2D eigenvalue weighted by atomic mass is 79.9. The zero-order valence-electron chi connectivity index (χ0n) is 10.7. The molecule has 2 N–H and O–H groups in total. The molecule has 2 nitrogen and oxygen atoms in total. The maximum absolute atomic E-state index is 13.4. The summed E-state index contributed by atoms with van der Waals surface area (Å²) in [6.07, 6.45) is 0.787. The summed E-state index contributed by atoms with van der Waals surface area (Å²) in [6.45, 7) is 0.937. The third-order valence-electron chi connectivity index (χ3n) is 2.89. The van der Waals surface area contributed by atoms with Gasteiger partial charge in [-0.05, 0) is 46.1 Å². The van der Waals surface area contributed by atoms with E-state index in [9.17, 15) is 4.39 Å². The van der Waals surface area contributed by atoms with E-state index < -0.39 is 5.82 Å². The summed E-state index contributed by atoms with van der Waals surface area (Å²) in [4.78, 5) is 0. The molecule has 0 fully saturated rings. The minimum atomic E-state index is -0.500. The van der Waals surface area contributed by atoms with E-state index in [1.807, 2.05) is 24.3 Å². The van der Waals surface area contributed by atoms with Crippen molar-refractivity contribution >= 4 is 27.5 Å². The highest BCUT2D eigenvalue weighted by Crippen LogP contribution is 2.31. The first-order chi connectivity index (χ1) is 9.61. The summed E-state index contributed by atoms with van der Waals surface area (Å²) in [5.74, 6) is -0.0745. The van der Waals surface area contributed by atoms with Crippen LogP contribution in [0.25, 0.3) is 0 Å². The molecule has 0 aliphatic rings. The second-order valence-electron chi connectivity index (χ2n) is 4.29. The normalized spacial score (nSPS) is 10.6. The maximum atomic E-state index is 13.4. The number of hydrogen-bond acceptors (Lipinski definition) is 2. The number of rotatable bonds is 5. The first-order valence-corrected chi connectivity index (χ1v) is 7.33. The van der Waals surface area contributed by atoms with E-state index in [0.717, 1.165) is 17.5 Å². The molecule has 2 aromatic rings. The summed E-state index contributed by atoms with van der Waals surface area (Å²) in [5.41, 5.74) is 7.77. The Labute approximate surface area is 130 Å². The molecule has 0 amide bonds. The van der Waals surface area contributed by atoms with Crippen LogP contribution in [0.1, 0.15) is 11.1 Å². The smallest absolute Gasteiger partial charge is 0.145 e. The van der Waals surface area contributed by atoms with Crippen LogP contribution < -0.4 is 10.5 Å². The van der Waals surface area contributed by atoms with Gasteiger partial charge in [-0.3, -0.25) is 0 Å². The van der Waals surface area contributed by atoms with E-state index in [1.54, 1.807) is 0 Å². The zero-order valence-corrected chi connectivity index (χ0v) is 13.0. The van der Waals surface area contributed by atoms with Crippen LogP contribution in [-0.4, -0.2) is 6.54 Å². The Morgan fingerprint density at radius 1 is 1.20 bits per heavy atom. The van der Waals surface area contributed by atoms with Crippen molar-refractivity contribution in [1.82, 2.24) is 0 Å². The minimum Gasteiger partial charge on any atom is -0.488 e. The molecule has 0 aromatic heterocycles. The van der Waals surface area contributed by atoms with Crippen LogP contribution in [-0.2, 0) is 13.0 Å². The van der Waals surface area contributed by atoms with Gasteiger partial charge >= 0.3 is 0 Å². The van der Waals surface area contributed by atoms with Gasteiger partial charge in [0.1, 0.15) is 18.2 Å². The minimum absolute atomic E-state index is 0.0627. The number of halogens is 3. The van der Waals surface area contributed by atoms with Gasteiger partial charge in [0.05, 0.1) is 9.50 Å². The fourth-order valence-corrected chi connectivity index (χ4v) is 2.62. The number of nitrogens with two attached hydrogens (primary N) is 1. The van der Waals surface area contributed by atoms with Gasteiger partial charge in [0.25, 0.3) is 0 Å². The van der Waals surface area contributed by atoms with Gasteiger partial charge in [-0.1, -0.05) is 35.9 Å². The Morgan fingerprint density at radius 2 is 1.90 bits per heavy atom. The molecule has 0 aliphatic heterocycles. The van der Waals surface area contributed by atoms with Crippen molar-refractivity contribution in [2.75, 3.05) is 6.54 Å². The molecule has 20 heavy (non-hydrogen) atoms. The quantitative estimate of drug-likeness (QED) is 0.808. The predicted octanol–water partition coefficient (Wildman–Crippen LogP) is 4.32. The van der Waals surface area contributed by atoms with Crippen molar-refractivity contribution in [3.05, 3.63) is 62.8 Å². The lowest BCUT2D eigenvalue weighted by molar-refractivity contribution is 0.301. The van der Waals surface area contributed by atoms with Gasteiger partial charge in [-0.15, -0.1) is 0 Å². The summed E-state index contributed by atoms with van der Waals surface area (Å²) >= 11 is 9.00. The van der Waals surface area contributed by atoms with Gasteiger partial charge < -0.3 is 10.5 Å². The molecule has 106 valence electrons. The van der Waals surface area contributed by atoms with Crippen molar-refractivity contribution < 1.29 is 9.13 Å². The van der Waals surface area contributed by atoms with E-state index >= 15 is 0 Å². The highest BCUT2D eigenvalue weighted by Gasteiger charge is 2.09. The van der Waals surface area contributed by atoms with Gasteiger partial charge in [0, 0.05) is 6.07 Å². The van der Waals surface area contributed by atoms with Crippen LogP contribution in [0, 0.1) is 5.82 Å². The second-order valence-corrected chi connectivity index (χ2v) is 5.55. The molecule has 0 aliphatic carbocycles. The molecule has 0 bridgehead atoms. The van der Waals surface area contributed by atoms with Crippen molar-refractivity contribution in [2.45, 2.75) is 13.0 Å². The molecule has 0 unspecified atom stereocenters. The van der Waals surface area contributed by atoms with E-state index in [0.29, 0.717) is 23.4 Å². The molecule has 0 heterocycles. The standard InChI is InChI=1S/C15H14BrClFNO/c16-12-7-13(17)14(18)8-15(12)20-9-11-4-2-1-3-10(11)5-6-19/h1-4,7-8H,5-6,9,19H2. The first kappa shape index (κ1) is 15.3. The fourth-order valence-electron chi connectivity index (χ4n) is 1.87. The van der Waals surface area contributed by atoms with E-state index in [2.05, 4.69) is 15.9 Å². The van der Waals surface area contributed by atoms with Crippen molar-refractivity contribution in [1.29, 1.82) is 0 Å². The lowest BCUT2D eigenvalue weighted by Gasteiger charge is -2.12. The Balaban J connectivity index is 2.15. The molecule has 2 rings (SSSR count). The number of hydrogen-bond donors (Lipinski definition) is 1. The summed E-state index contributed by atoms with van der Waals surface area (Å²) in [5, 5.41) is 0.0627. The second kappa shape index (κ2) is 7.07. The summed E-state index contributed by atoms with van der Waals surface area (Å²) < 4.78 is 19.7. The average Bonchev–Trinajstić information content (AvgIpc) is 2.43. The summed E-state index contributed by atoms with van der Waals surface area (Å²) in [6, 6.07) is 10.7. The van der Waals surface area contributed by atoms with E-state index in [1.165, 1.54) is 12.1 Å². The van der Waals surface area contributed by atoms with Gasteiger partial charge in [-0.2, -0.15) is 0 Å². The van der Waals surface area contributed by atoms with Gasteiger partial charge in [-0.25, -0.2) is 4.39 Å². The molecule has 2 aromatic carbocycles. The average molecular weight is 359 g/mol. The Hall–Kier alpha value is -1.10. The van der Waals surface area contributed by atoms with Crippen LogP contribution in [0.4, 0.5) is 4.39 Å². The molecule has 0 saturated carbocycles. The predicted molar refractivity (Wildman–Crippen MR) is 82.6 cm³/mol. The summed E-state index contributed by atoms with van der Waals surface area (Å²) in [7, 11) is 0. The van der Waals surface area contributed by atoms with E-state index in [-0.39, 0.29) is 5.02 Å². The Morgan fingerprint density at radius 3 is 2.60 bits per heavy atom. The van der Waals surface area contributed by atoms with Gasteiger partial charge in [0.2, 0.25) is 0 Å². The topological polar surface area (TPSA) is 35.2 Å². The molecule has 0 radical (unpaired) electrons. The maximum Gasteiger partial charge on any atom is 0.145 e. The fraction of sp³-hybridized carbons (Fsp3) is 0.200. The molecule has 5 heteroatoms. The number of benzene rings is 2. The van der Waals surface area contributed by atoms with Gasteiger partial charge in [0.15, 0.2) is 0 Å². The number of ether oxygens (including phenoxy) is 1. The molecule has 0 atom stereocenters. The first-order valence-electron chi connectivity index (χ1n) is 6.16. The lowest BCUT2D eigenvalue weighted by Crippen LogP contribution is -2.07. The van der Waals surface area contributed by atoms with Crippen LogP contribution in [0.2, 0.25) is 5.02 Å².